The van der Waals surface area contributed by atoms with E-state index >= 15 is 4.79 Å². The Labute approximate surface area is 314 Å². The summed E-state index contributed by atoms with van der Waals surface area (Å²) >= 11 is 0. The summed E-state index contributed by atoms with van der Waals surface area (Å²) in [6.07, 6.45) is 10.9. The molecule has 8 nitrogen and oxygen atoms in total. The second-order valence-electron chi connectivity index (χ2n) is 16.8. The maximum atomic E-state index is 15.1. The van der Waals surface area contributed by atoms with Gasteiger partial charge in [0, 0.05) is 23.7 Å². The third-order valence-corrected chi connectivity index (χ3v) is 13.3. The van der Waals surface area contributed by atoms with Gasteiger partial charge in [-0.25, -0.2) is 4.79 Å². The lowest BCUT2D eigenvalue weighted by molar-refractivity contribution is -0.192. The molecule has 0 amide bonds. The monoisotopic (exact) mass is 726 g/mol. The minimum absolute atomic E-state index is 0.0795. The van der Waals surface area contributed by atoms with Gasteiger partial charge in [0.1, 0.15) is 11.7 Å². The molecule has 8 atom stereocenters. The first kappa shape index (κ1) is 39.1. The van der Waals surface area contributed by atoms with Crippen LogP contribution in [0.2, 0.25) is 0 Å². The standard InChI is InChI=1S/C45H58O8/c1-6-7-8-9-10-11-12-13-17-20-36(47)53-44-27-30(3)43-26-29(2)40(52-41(50)33-23-21-32(22-24-33)31-18-15-14-16-19-31)45(43,51)38(48)34(28-46)25-35(39(43)49)37(44)42(44,4)5/h14-16,18-19,21-26,30,35,37-38,40,46,48,51H,6-13,17,20,27-28H2,1-5H3/t30-,35+,37-,38-,40+,43+,44+,45+/m1/s1. The van der Waals surface area contributed by atoms with Crippen molar-refractivity contribution >= 4 is 17.7 Å². The third kappa shape index (κ3) is 6.53. The van der Waals surface area contributed by atoms with Crippen molar-refractivity contribution in [1.82, 2.24) is 0 Å². The number of aliphatic hydroxyl groups is 3. The first-order valence-corrected chi connectivity index (χ1v) is 19.8. The van der Waals surface area contributed by atoms with Gasteiger partial charge in [-0.1, -0.05) is 134 Å². The summed E-state index contributed by atoms with van der Waals surface area (Å²) in [5.41, 5.74) is -2.88. The van der Waals surface area contributed by atoms with E-state index in [0.717, 1.165) is 30.4 Å². The maximum Gasteiger partial charge on any atom is 0.338 e. The zero-order valence-electron chi connectivity index (χ0n) is 32.1. The molecule has 4 aliphatic carbocycles. The Kier molecular flexibility index (Phi) is 11.3. The molecule has 2 saturated carbocycles. The van der Waals surface area contributed by atoms with Crippen molar-refractivity contribution in [3.05, 3.63) is 83.5 Å². The average molecular weight is 727 g/mol. The van der Waals surface area contributed by atoms with Gasteiger partial charge < -0.3 is 24.8 Å². The molecular weight excluding hydrogens is 668 g/mol. The molecular formula is C45H58O8. The number of benzene rings is 2. The topological polar surface area (TPSA) is 130 Å². The zero-order valence-corrected chi connectivity index (χ0v) is 32.1. The van der Waals surface area contributed by atoms with E-state index in [9.17, 15) is 24.9 Å². The Morgan fingerprint density at radius 2 is 1.49 bits per heavy atom. The van der Waals surface area contributed by atoms with Crippen molar-refractivity contribution in [2.45, 2.75) is 129 Å². The van der Waals surface area contributed by atoms with Gasteiger partial charge >= 0.3 is 11.9 Å². The molecule has 2 aromatic carbocycles. The molecule has 0 aromatic heterocycles. The molecule has 2 fully saturated rings. The van der Waals surface area contributed by atoms with Crippen LogP contribution in [0.1, 0.15) is 116 Å². The summed E-state index contributed by atoms with van der Waals surface area (Å²) in [5.74, 6) is -3.24. The van der Waals surface area contributed by atoms with Crippen molar-refractivity contribution in [3.63, 3.8) is 0 Å². The molecule has 0 saturated heterocycles. The summed E-state index contributed by atoms with van der Waals surface area (Å²) in [6, 6.07) is 16.7. The smallest absolute Gasteiger partial charge is 0.338 e. The number of rotatable bonds is 15. The fourth-order valence-corrected chi connectivity index (χ4v) is 10.3. The van der Waals surface area contributed by atoms with Crippen molar-refractivity contribution in [2.24, 2.45) is 28.6 Å². The van der Waals surface area contributed by atoms with Crippen LogP contribution < -0.4 is 0 Å². The van der Waals surface area contributed by atoms with E-state index in [1.54, 1.807) is 31.2 Å². The lowest BCUT2D eigenvalue weighted by atomic mass is 9.59. The molecule has 4 aliphatic rings. The summed E-state index contributed by atoms with van der Waals surface area (Å²) in [5, 5.41) is 35.5. The van der Waals surface area contributed by atoms with Gasteiger partial charge in [0.25, 0.3) is 0 Å². The Morgan fingerprint density at radius 3 is 2.11 bits per heavy atom. The number of unbranched alkanes of at least 4 members (excludes halogenated alkanes) is 8. The van der Waals surface area contributed by atoms with Crippen LogP contribution in [0.4, 0.5) is 0 Å². The molecule has 53 heavy (non-hydrogen) atoms. The summed E-state index contributed by atoms with van der Waals surface area (Å²) in [6.45, 7) is 9.15. The molecule has 286 valence electrons. The lowest BCUT2D eigenvalue weighted by Crippen LogP contribution is -2.66. The maximum absolute atomic E-state index is 15.1. The van der Waals surface area contributed by atoms with Crippen LogP contribution in [0, 0.1) is 28.6 Å². The largest absolute Gasteiger partial charge is 0.458 e. The van der Waals surface area contributed by atoms with Gasteiger partial charge in [-0.3, -0.25) is 9.59 Å². The number of hydrogen-bond donors (Lipinski definition) is 3. The van der Waals surface area contributed by atoms with Crippen LogP contribution in [0.3, 0.4) is 0 Å². The molecule has 2 bridgehead atoms. The second-order valence-corrected chi connectivity index (χ2v) is 16.8. The van der Waals surface area contributed by atoms with Crippen LogP contribution in [-0.4, -0.2) is 63.1 Å². The van der Waals surface area contributed by atoms with Crippen LogP contribution in [0.5, 0.6) is 0 Å². The summed E-state index contributed by atoms with van der Waals surface area (Å²) < 4.78 is 12.5. The highest BCUT2D eigenvalue weighted by atomic mass is 16.6. The normalized spacial score (nSPS) is 32.4. The molecule has 0 heterocycles. The van der Waals surface area contributed by atoms with Gasteiger partial charge in [-0.05, 0) is 60.1 Å². The third-order valence-electron chi connectivity index (χ3n) is 13.3. The lowest BCUT2D eigenvalue weighted by Gasteiger charge is -2.49. The quantitative estimate of drug-likeness (QED) is 0.0959. The SMILES string of the molecule is CCCCCCCCCCCC(=O)O[C@@]12C[C@@H](C)[C@]34C=C(C)[C@H](OC(=O)c5ccc(-c6ccccc6)cc5)[C@@]3(O)[C@H](O)C(CO)=C[C@H](C4=O)[C@@H]1C2(C)C. The van der Waals surface area contributed by atoms with Crippen LogP contribution in [0.15, 0.2) is 77.9 Å². The highest BCUT2D eigenvalue weighted by molar-refractivity contribution is 5.96. The van der Waals surface area contributed by atoms with Crippen LogP contribution in [-0.2, 0) is 19.1 Å². The highest BCUT2D eigenvalue weighted by Gasteiger charge is 2.83. The zero-order chi connectivity index (χ0) is 38.2. The Morgan fingerprint density at radius 1 is 0.887 bits per heavy atom. The number of carbonyl (C=O) groups is 3. The van der Waals surface area contributed by atoms with Crippen molar-refractivity contribution in [2.75, 3.05) is 6.61 Å². The number of hydrogen-bond acceptors (Lipinski definition) is 8. The first-order chi connectivity index (χ1) is 25.3. The van der Waals surface area contributed by atoms with E-state index in [2.05, 4.69) is 6.92 Å². The van der Waals surface area contributed by atoms with E-state index in [-0.39, 0.29) is 29.3 Å². The van der Waals surface area contributed by atoms with E-state index < -0.39 is 64.6 Å². The number of aliphatic hydroxyl groups excluding tert-OH is 2. The highest BCUT2D eigenvalue weighted by Crippen LogP contribution is 2.75. The molecule has 1 spiro atoms. The van der Waals surface area contributed by atoms with Crippen molar-refractivity contribution in [1.29, 1.82) is 0 Å². The molecule has 3 N–H and O–H groups in total. The Hall–Kier alpha value is -3.59. The minimum Gasteiger partial charge on any atom is -0.458 e. The van der Waals surface area contributed by atoms with Gasteiger partial charge in [0.15, 0.2) is 17.5 Å². The number of fused-ring (bicyclic) bond motifs is 3. The first-order valence-electron chi connectivity index (χ1n) is 19.8. The Balaban J connectivity index is 1.23. The fourth-order valence-electron chi connectivity index (χ4n) is 10.3. The van der Waals surface area contributed by atoms with Gasteiger partial charge in [-0.2, -0.15) is 0 Å². The number of Topliss-reactive ketones (excluding diaryl/α,β-unsaturated/α-hetero) is 1. The molecule has 0 aliphatic heterocycles. The van der Waals surface area contributed by atoms with E-state index in [4.69, 9.17) is 9.47 Å². The van der Waals surface area contributed by atoms with E-state index in [1.165, 1.54) is 38.5 Å². The van der Waals surface area contributed by atoms with Crippen LogP contribution in [0.25, 0.3) is 11.1 Å². The molecule has 2 aromatic rings. The fraction of sp³-hybridized carbons (Fsp3) is 0.578. The number of ether oxygens (including phenoxy) is 2. The minimum atomic E-state index is -2.32. The number of ketones is 1. The number of carbonyl (C=O) groups excluding carboxylic acids is 3. The second kappa shape index (κ2) is 15.3. The molecule has 0 unspecified atom stereocenters. The van der Waals surface area contributed by atoms with E-state index in [1.807, 2.05) is 63.2 Å². The van der Waals surface area contributed by atoms with Crippen molar-refractivity contribution < 1.29 is 39.2 Å². The molecule has 0 radical (unpaired) electrons. The number of allylic oxidation sites excluding steroid dienone is 1. The van der Waals surface area contributed by atoms with Crippen molar-refractivity contribution in [3.8, 4) is 11.1 Å². The van der Waals surface area contributed by atoms with Gasteiger partial charge in [0.2, 0.25) is 0 Å². The average Bonchev–Trinajstić information content (AvgIpc) is 3.55. The molecule has 6 rings (SSSR count). The predicted molar refractivity (Wildman–Crippen MR) is 204 cm³/mol. The number of esters is 2. The summed E-state index contributed by atoms with van der Waals surface area (Å²) in [4.78, 5) is 42.3. The van der Waals surface area contributed by atoms with Crippen LogP contribution >= 0.6 is 0 Å². The summed E-state index contributed by atoms with van der Waals surface area (Å²) in [7, 11) is 0. The Bertz CT molecular complexity index is 1730. The van der Waals surface area contributed by atoms with Gasteiger partial charge in [-0.15, -0.1) is 0 Å². The van der Waals surface area contributed by atoms with E-state index in [0.29, 0.717) is 12.0 Å². The molecule has 8 heteroatoms. The van der Waals surface area contributed by atoms with Gasteiger partial charge in [0.05, 0.1) is 17.6 Å². The predicted octanol–water partition coefficient (Wildman–Crippen LogP) is 7.93.